The Morgan fingerprint density at radius 3 is 2.32 bits per heavy atom. The number of imide groups is 2. The van der Waals surface area contributed by atoms with Crippen LogP contribution < -0.4 is 0 Å². The number of ether oxygens (including phenoxy) is 1. The standard InChI is InChI=1S/C17H24N2O6/c1-11(2)25-19-15(22)7-12(16(19)23)8-17(3,4)9-24-10-18-13(20)5-6-14(18)21/h5-6,11-12H,7-10H2,1-4H3. The van der Waals surface area contributed by atoms with Gasteiger partial charge in [-0.25, -0.2) is 0 Å². The largest absolute Gasteiger partial charge is 0.360 e. The quantitative estimate of drug-likeness (QED) is 0.606. The van der Waals surface area contributed by atoms with E-state index < -0.39 is 23.1 Å². The van der Waals surface area contributed by atoms with E-state index in [1.165, 1.54) is 12.2 Å². The number of amides is 4. The normalized spacial score (nSPS) is 21.4. The third-order valence-corrected chi connectivity index (χ3v) is 3.93. The Balaban J connectivity index is 1.84. The minimum absolute atomic E-state index is 0.113. The SMILES string of the molecule is CC(C)ON1C(=O)CC(CC(C)(C)COCN2C(=O)C=CC2=O)C1=O. The topological polar surface area (TPSA) is 93.2 Å². The summed E-state index contributed by atoms with van der Waals surface area (Å²) in [6.07, 6.45) is 2.69. The van der Waals surface area contributed by atoms with Crippen molar-refractivity contribution >= 4 is 23.6 Å². The van der Waals surface area contributed by atoms with Crippen LogP contribution >= 0.6 is 0 Å². The molecule has 0 aromatic heterocycles. The van der Waals surface area contributed by atoms with Crippen LogP contribution in [0.15, 0.2) is 12.2 Å². The molecule has 0 aromatic carbocycles. The zero-order valence-corrected chi connectivity index (χ0v) is 15.0. The minimum atomic E-state index is -0.457. The van der Waals surface area contributed by atoms with Crippen LogP contribution in [-0.2, 0) is 28.8 Å². The van der Waals surface area contributed by atoms with Gasteiger partial charge in [0.05, 0.1) is 18.6 Å². The van der Waals surface area contributed by atoms with Crippen LogP contribution in [0.4, 0.5) is 0 Å². The van der Waals surface area contributed by atoms with Crippen LogP contribution in [0.1, 0.15) is 40.5 Å². The molecule has 0 aromatic rings. The first kappa shape index (κ1) is 19.3. The molecule has 4 amide bonds. The summed E-state index contributed by atoms with van der Waals surface area (Å²) in [4.78, 5) is 53.5. The number of hydrogen-bond acceptors (Lipinski definition) is 6. The van der Waals surface area contributed by atoms with E-state index >= 15 is 0 Å². The lowest BCUT2D eigenvalue weighted by Crippen LogP contribution is -2.36. The maximum atomic E-state index is 12.3. The first-order valence-electron chi connectivity index (χ1n) is 8.25. The van der Waals surface area contributed by atoms with Crippen LogP contribution in [-0.4, -0.2) is 53.0 Å². The van der Waals surface area contributed by atoms with E-state index in [0.717, 1.165) is 9.96 Å². The Labute approximate surface area is 146 Å². The molecule has 2 aliphatic heterocycles. The van der Waals surface area contributed by atoms with E-state index in [4.69, 9.17) is 9.57 Å². The highest BCUT2D eigenvalue weighted by atomic mass is 16.7. The average Bonchev–Trinajstić information content (AvgIpc) is 2.94. The van der Waals surface area contributed by atoms with E-state index in [0.29, 0.717) is 6.42 Å². The van der Waals surface area contributed by atoms with Gasteiger partial charge in [-0.1, -0.05) is 13.8 Å². The smallest absolute Gasteiger partial charge is 0.257 e. The van der Waals surface area contributed by atoms with E-state index in [9.17, 15) is 19.2 Å². The lowest BCUT2D eigenvalue weighted by Gasteiger charge is -2.27. The lowest BCUT2D eigenvalue weighted by molar-refractivity contribution is -0.199. The Bertz CT molecular complexity index is 592. The molecule has 0 radical (unpaired) electrons. The molecule has 8 heteroatoms. The highest BCUT2D eigenvalue weighted by molar-refractivity contribution is 6.12. The van der Waals surface area contributed by atoms with Gasteiger partial charge in [0, 0.05) is 18.6 Å². The van der Waals surface area contributed by atoms with Gasteiger partial charge in [-0.3, -0.25) is 28.9 Å². The molecule has 0 spiro atoms. The number of hydrogen-bond donors (Lipinski definition) is 0. The van der Waals surface area contributed by atoms with Crippen molar-refractivity contribution in [3.63, 3.8) is 0 Å². The Kier molecular flexibility index (Phi) is 5.74. The molecular formula is C17H24N2O6. The fraction of sp³-hybridized carbons (Fsp3) is 0.647. The third kappa shape index (κ3) is 4.73. The van der Waals surface area contributed by atoms with Gasteiger partial charge in [0.15, 0.2) is 0 Å². The number of carbonyl (C=O) groups excluding carboxylic acids is 4. The molecule has 1 saturated heterocycles. The van der Waals surface area contributed by atoms with Crippen LogP contribution in [0, 0.1) is 11.3 Å². The number of carbonyl (C=O) groups is 4. The van der Waals surface area contributed by atoms with E-state index in [1.54, 1.807) is 13.8 Å². The second-order valence-corrected chi connectivity index (χ2v) is 7.37. The summed E-state index contributed by atoms with van der Waals surface area (Å²) in [5.41, 5.74) is -0.409. The van der Waals surface area contributed by atoms with Crippen molar-refractivity contribution in [2.24, 2.45) is 11.3 Å². The summed E-state index contributed by atoms with van der Waals surface area (Å²) in [6, 6.07) is 0. The molecule has 2 rings (SSSR count). The molecule has 1 atom stereocenters. The highest BCUT2D eigenvalue weighted by Gasteiger charge is 2.42. The summed E-state index contributed by atoms with van der Waals surface area (Å²) in [5.74, 6) is -1.93. The van der Waals surface area contributed by atoms with Gasteiger partial charge in [0.2, 0.25) is 0 Å². The zero-order chi connectivity index (χ0) is 18.8. The van der Waals surface area contributed by atoms with Gasteiger partial charge in [0.25, 0.3) is 23.6 Å². The van der Waals surface area contributed by atoms with Gasteiger partial charge in [-0.05, 0) is 25.7 Å². The van der Waals surface area contributed by atoms with Crippen molar-refractivity contribution in [3.8, 4) is 0 Å². The number of rotatable bonds is 8. The first-order valence-corrected chi connectivity index (χ1v) is 8.25. The number of hydroxylamine groups is 2. The van der Waals surface area contributed by atoms with Gasteiger partial charge < -0.3 is 4.74 Å². The molecule has 138 valence electrons. The molecule has 25 heavy (non-hydrogen) atoms. The average molecular weight is 352 g/mol. The summed E-state index contributed by atoms with van der Waals surface area (Å²) in [7, 11) is 0. The lowest BCUT2D eigenvalue weighted by atomic mass is 9.83. The fourth-order valence-corrected chi connectivity index (χ4v) is 2.85. The molecule has 0 aliphatic carbocycles. The Hall–Kier alpha value is -2.06. The molecular weight excluding hydrogens is 328 g/mol. The van der Waals surface area contributed by atoms with Crippen LogP contribution in [0.3, 0.4) is 0 Å². The van der Waals surface area contributed by atoms with E-state index in [1.807, 2.05) is 13.8 Å². The number of nitrogens with zero attached hydrogens (tertiary/aromatic N) is 2. The minimum Gasteiger partial charge on any atom is -0.360 e. The molecule has 2 aliphatic rings. The van der Waals surface area contributed by atoms with Gasteiger partial charge in [-0.2, -0.15) is 5.06 Å². The summed E-state index contributed by atoms with van der Waals surface area (Å²) < 4.78 is 5.49. The molecule has 0 N–H and O–H groups in total. The molecule has 0 bridgehead atoms. The summed E-state index contributed by atoms with van der Waals surface area (Å²) in [5, 5.41) is 0.861. The van der Waals surface area contributed by atoms with Crippen molar-refractivity contribution in [3.05, 3.63) is 12.2 Å². The van der Waals surface area contributed by atoms with Gasteiger partial charge in [-0.15, -0.1) is 0 Å². The Morgan fingerprint density at radius 2 is 1.76 bits per heavy atom. The third-order valence-electron chi connectivity index (χ3n) is 3.93. The van der Waals surface area contributed by atoms with Crippen molar-refractivity contribution in [1.82, 2.24) is 9.96 Å². The van der Waals surface area contributed by atoms with Gasteiger partial charge >= 0.3 is 0 Å². The fourth-order valence-electron chi connectivity index (χ4n) is 2.85. The maximum absolute atomic E-state index is 12.3. The van der Waals surface area contributed by atoms with E-state index in [-0.39, 0.29) is 37.7 Å². The summed E-state index contributed by atoms with van der Waals surface area (Å²) >= 11 is 0. The first-order chi connectivity index (χ1) is 11.6. The van der Waals surface area contributed by atoms with Crippen molar-refractivity contribution in [1.29, 1.82) is 0 Å². The molecule has 8 nitrogen and oxygen atoms in total. The highest BCUT2D eigenvalue weighted by Crippen LogP contribution is 2.33. The molecule has 1 fully saturated rings. The molecule has 1 unspecified atom stereocenters. The van der Waals surface area contributed by atoms with Crippen molar-refractivity contribution in [2.45, 2.75) is 46.6 Å². The van der Waals surface area contributed by atoms with E-state index in [2.05, 4.69) is 0 Å². The predicted octanol–water partition coefficient (Wildman–Crippen LogP) is 1.02. The summed E-state index contributed by atoms with van der Waals surface area (Å²) in [6.45, 7) is 7.43. The van der Waals surface area contributed by atoms with Crippen LogP contribution in [0.2, 0.25) is 0 Å². The monoisotopic (exact) mass is 352 g/mol. The van der Waals surface area contributed by atoms with Crippen LogP contribution in [0.5, 0.6) is 0 Å². The predicted molar refractivity (Wildman–Crippen MR) is 86.4 cm³/mol. The molecule has 0 saturated carbocycles. The van der Waals surface area contributed by atoms with Crippen molar-refractivity contribution in [2.75, 3.05) is 13.3 Å². The van der Waals surface area contributed by atoms with Gasteiger partial charge in [0.1, 0.15) is 6.73 Å². The maximum Gasteiger partial charge on any atom is 0.257 e. The Morgan fingerprint density at radius 1 is 1.16 bits per heavy atom. The van der Waals surface area contributed by atoms with Crippen LogP contribution in [0.25, 0.3) is 0 Å². The second kappa shape index (κ2) is 7.45. The van der Waals surface area contributed by atoms with Crippen molar-refractivity contribution < 1.29 is 28.8 Å². The zero-order valence-electron chi connectivity index (χ0n) is 15.0. The molecule has 2 heterocycles. The second-order valence-electron chi connectivity index (χ2n) is 7.37.